The Hall–Kier alpha value is -1.69. The van der Waals surface area contributed by atoms with E-state index in [9.17, 15) is 4.79 Å². The number of anilines is 1. The van der Waals surface area contributed by atoms with Gasteiger partial charge in [0.25, 0.3) is 0 Å². The summed E-state index contributed by atoms with van der Waals surface area (Å²) in [6.07, 6.45) is 7.09. The van der Waals surface area contributed by atoms with Crippen molar-refractivity contribution in [3.8, 4) is 0 Å². The topological polar surface area (TPSA) is 58.1 Å². The minimum atomic E-state index is 0.133. The van der Waals surface area contributed by atoms with Crippen LogP contribution in [-0.4, -0.2) is 35.0 Å². The highest BCUT2D eigenvalue weighted by molar-refractivity contribution is 7.19. The molecule has 0 bridgehead atoms. The Morgan fingerprint density at radius 2 is 2.08 bits per heavy atom. The third-order valence-corrected chi connectivity index (χ3v) is 6.28. The molecule has 5 nitrogen and oxygen atoms in total. The summed E-state index contributed by atoms with van der Waals surface area (Å²) in [5.74, 6) is 1.42. The lowest BCUT2D eigenvalue weighted by Gasteiger charge is -2.32. The van der Waals surface area contributed by atoms with Gasteiger partial charge in [0.2, 0.25) is 5.91 Å². The van der Waals surface area contributed by atoms with Crippen LogP contribution in [-0.2, 0) is 17.6 Å². The zero-order valence-corrected chi connectivity index (χ0v) is 15.2. The zero-order valence-electron chi connectivity index (χ0n) is 14.3. The van der Waals surface area contributed by atoms with Gasteiger partial charge in [0.1, 0.15) is 17.0 Å². The Bertz CT molecular complexity index is 762. The van der Waals surface area contributed by atoms with Crippen LogP contribution in [0, 0.1) is 5.92 Å². The van der Waals surface area contributed by atoms with Gasteiger partial charge in [-0.2, -0.15) is 0 Å². The largest absolute Gasteiger partial charge is 0.356 e. The molecule has 1 amide bonds. The average molecular weight is 344 g/mol. The number of amides is 1. The molecule has 2 aromatic rings. The van der Waals surface area contributed by atoms with Crippen LogP contribution in [0.1, 0.15) is 43.6 Å². The molecular weight excluding hydrogens is 320 g/mol. The Balaban J connectivity index is 1.54. The van der Waals surface area contributed by atoms with E-state index in [0.29, 0.717) is 0 Å². The molecule has 0 spiro atoms. The summed E-state index contributed by atoms with van der Waals surface area (Å²) in [5.41, 5.74) is 1.48. The number of aryl methyl sites for hydroxylation is 2. The second-order valence-electron chi connectivity index (χ2n) is 7.16. The van der Waals surface area contributed by atoms with Gasteiger partial charge in [0, 0.05) is 29.9 Å². The highest BCUT2D eigenvalue weighted by Gasteiger charge is 2.29. The molecule has 0 radical (unpaired) electrons. The molecule has 2 aromatic heterocycles. The SMILES string of the molecule is CC(C)NC(=O)C1CCN(c2ncnc3sc4c(c23)CCC4)CC1. The summed E-state index contributed by atoms with van der Waals surface area (Å²) < 4.78 is 0. The fourth-order valence-corrected chi connectivity index (χ4v) is 5.13. The van der Waals surface area contributed by atoms with E-state index in [4.69, 9.17) is 0 Å². The Morgan fingerprint density at radius 3 is 2.83 bits per heavy atom. The van der Waals surface area contributed by atoms with Crippen molar-refractivity contribution in [2.24, 2.45) is 5.92 Å². The Morgan fingerprint density at radius 1 is 1.29 bits per heavy atom. The van der Waals surface area contributed by atoms with Gasteiger partial charge in [-0.1, -0.05) is 0 Å². The number of nitrogens with zero attached hydrogens (tertiary/aromatic N) is 3. The number of piperidine rings is 1. The number of hydrogen-bond acceptors (Lipinski definition) is 5. The molecule has 0 saturated carbocycles. The number of aromatic nitrogens is 2. The molecule has 6 heteroatoms. The standard InChI is InChI=1S/C18H24N4OS/c1-11(2)21-17(23)12-6-8-22(9-7-12)16-15-13-4-3-5-14(13)24-18(15)20-10-19-16/h10-12H,3-9H2,1-2H3,(H,21,23). The van der Waals surface area contributed by atoms with Crippen LogP contribution in [0.3, 0.4) is 0 Å². The van der Waals surface area contributed by atoms with Gasteiger partial charge in [-0.3, -0.25) is 4.79 Å². The van der Waals surface area contributed by atoms with Crippen LogP contribution < -0.4 is 10.2 Å². The zero-order chi connectivity index (χ0) is 16.7. The number of fused-ring (bicyclic) bond motifs is 3. The fraction of sp³-hybridized carbons (Fsp3) is 0.611. The molecule has 4 rings (SSSR count). The number of thiophene rings is 1. The number of carbonyl (C=O) groups is 1. The molecule has 128 valence electrons. The maximum absolute atomic E-state index is 12.2. The Kier molecular flexibility index (Phi) is 4.16. The molecule has 0 atom stereocenters. The van der Waals surface area contributed by atoms with Crippen LogP contribution in [0.25, 0.3) is 10.2 Å². The van der Waals surface area contributed by atoms with E-state index in [-0.39, 0.29) is 17.9 Å². The van der Waals surface area contributed by atoms with Crippen molar-refractivity contribution in [2.45, 2.75) is 52.0 Å². The highest BCUT2D eigenvalue weighted by atomic mass is 32.1. The molecule has 1 N–H and O–H groups in total. The van der Waals surface area contributed by atoms with Crippen molar-refractivity contribution in [3.05, 3.63) is 16.8 Å². The third kappa shape index (κ3) is 2.77. The van der Waals surface area contributed by atoms with Crippen LogP contribution in [0.4, 0.5) is 5.82 Å². The first-order valence-corrected chi connectivity index (χ1v) is 9.75. The fourth-order valence-electron chi connectivity index (χ4n) is 3.91. The van der Waals surface area contributed by atoms with Crippen molar-refractivity contribution in [3.63, 3.8) is 0 Å². The lowest BCUT2D eigenvalue weighted by atomic mass is 9.95. The normalized spacial score (nSPS) is 18.4. The monoisotopic (exact) mass is 344 g/mol. The molecule has 2 aliphatic rings. The van der Waals surface area contributed by atoms with Gasteiger partial charge in [0.05, 0.1) is 5.39 Å². The Labute approximate surface area is 146 Å². The third-order valence-electron chi connectivity index (χ3n) is 5.08. The quantitative estimate of drug-likeness (QED) is 0.930. The first-order chi connectivity index (χ1) is 11.6. The van der Waals surface area contributed by atoms with Crippen molar-refractivity contribution in [1.82, 2.24) is 15.3 Å². The summed E-state index contributed by atoms with van der Waals surface area (Å²) in [6.45, 7) is 5.82. The molecule has 0 aromatic carbocycles. The smallest absolute Gasteiger partial charge is 0.223 e. The molecule has 1 aliphatic carbocycles. The minimum absolute atomic E-state index is 0.133. The molecule has 1 fully saturated rings. The van der Waals surface area contributed by atoms with E-state index < -0.39 is 0 Å². The highest BCUT2D eigenvalue weighted by Crippen LogP contribution is 2.40. The second kappa shape index (κ2) is 6.31. The van der Waals surface area contributed by atoms with E-state index in [0.717, 1.165) is 43.0 Å². The molecule has 1 saturated heterocycles. The van der Waals surface area contributed by atoms with Crippen molar-refractivity contribution in [1.29, 1.82) is 0 Å². The summed E-state index contributed by atoms with van der Waals surface area (Å²) in [6, 6.07) is 0.213. The summed E-state index contributed by atoms with van der Waals surface area (Å²) in [7, 11) is 0. The number of hydrogen-bond donors (Lipinski definition) is 1. The minimum Gasteiger partial charge on any atom is -0.356 e. The van der Waals surface area contributed by atoms with Crippen molar-refractivity contribution in [2.75, 3.05) is 18.0 Å². The summed E-state index contributed by atoms with van der Waals surface area (Å²) in [4.78, 5) is 26.3. The maximum atomic E-state index is 12.2. The number of nitrogens with one attached hydrogen (secondary N) is 1. The van der Waals surface area contributed by atoms with Gasteiger partial charge in [0.15, 0.2) is 0 Å². The molecular formula is C18H24N4OS. The predicted molar refractivity (Wildman–Crippen MR) is 97.7 cm³/mol. The van der Waals surface area contributed by atoms with E-state index in [2.05, 4.69) is 20.2 Å². The van der Waals surface area contributed by atoms with Crippen molar-refractivity contribution < 1.29 is 4.79 Å². The van der Waals surface area contributed by atoms with Gasteiger partial charge in [-0.15, -0.1) is 11.3 Å². The lowest BCUT2D eigenvalue weighted by molar-refractivity contribution is -0.126. The predicted octanol–water partition coefficient (Wildman–Crippen LogP) is 2.92. The molecule has 3 heterocycles. The van der Waals surface area contributed by atoms with E-state index in [1.165, 1.54) is 28.7 Å². The van der Waals surface area contributed by atoms with E-state index >= 15 is 0 Å². The molecule has 0 unspecified atom stereocenters. The first kappa shape index (κ1) is 15.8. The average Bonchev–Trinajstić information content (AvgIpc) is 3.14. The number of carbonyl (C=O) groups excluding carboxylic acids is 1. The van der Waals surface area contributed by atoms with Crippen LogP contribution in [0.15, 0.2) is 6.33 Å². The van der Waals surface area contributed by atoms with Crippen molar-refractivity contribution >= 4 is 33.3 Å². The first-order valence-electron chi connectivity index (χ1n) is 8.94. The van der Waals surface area contributed by atoms with Gasteiger partial charge >= 0.3 is 0 Å². The van der Waals surface area contributed by atoms with Gasteiger partial charge < -0.3 is 10.2 Å². The second-order valence-corrected chi connectivity index (χ2v) is 8.24. The lowest BCUT2D eigenvalue weighted by Crippen LogP contribution is -2.42. The van der Waals surface area contributed by atoms with E-state index in [1.807, 2.05) is 25.2 Å². The van der Waals surface area contributed by atoms with E-state index in [1.54, 1.807) is 6.33 Å². The van der Waals surface area contributed by atoms with Gasteiger partial charge in [-0.25, -0.2) is 9.97 Å². The van der Waals surface area contributed by atoms with Crippen LogP contribution in [0.2, 0.25) is 0 Å². The van der Waals surface area contributed by atoms with Crippen LogP contribution >= 0.6 is 11.3 Å². The summed E-state index contributed by atoms with van der Waals surface area (Å²) in [5, 5.41) is 4.32. The summed E-state index contributed by atoms with van der Waals surface area (Å²) >= 11 is 1.83. The molecule has 24 heavy (non-hydrogen) atoms. The maximum Gasteiger partial charge on any atom is 0.223 e. The number of rotatable bonds is 3. The van der Waals surface area contributed by atoms with Crippen LogP contribution in [0.5, 0.6) is 0 Å². The van der Waals surface area contributed by atoms with Gasteiger partial charge in [-0.05, 0) is 51.5 Å². The molecule has 1 aliphatic heterocycles.